The summed E-state index contributed by atoms with van der Waals surface area (Å²) in [5.41, 5.74) is 16.4. The fourth-order valence-electron chi connectivity index (χ4n) is 10.1. The Morgan fingerprint density at radius 1 is 0.605 bits per heavy atom. The summed E-state index contributed by atoms with van der Waals surface area (Å²) < 4.78 is 15.6. The maximum atomic E-state index is 5.73. The Kier molecular flexibility index (Phi) is 6.20. The monoisotopic (exact) mass is 734 g/mol. The second-order valence-corrected chi connectivity index (χ2v) is 71.4. The van der Waals surface area contributed by atoms with E-state index in [1.165, 1.54) is 66.8 Å². The van der Waals surface area contributed by atoms with Crippen molar-refractivity contribution in [2.24, 2.45) is 5.92 Å². The standard InChI is InChI=1S/2C17H15.C4H9.3CH3.CH2.Hf/c2*1-12-9-10-13(2)17(11-12)16-8-4-6-14-5-3-7-15(14)16;1-4(2)3;;;;;/h2*3-11H,1-2H3;4H,1H2,2-3H3;3*1H3;1H2;. The van der Waals surface area contributed by atoms with Gasteiger partial charge in [0, 0.05) is 0 Å². The quantitative estimate of drug-likeness (QED) is 0.173. The Morgan fingerprint density at radius 3 is 1.42 bits per heavy atom. The van der Waals surface area contributed by atoms with E-state index in [0.717, 1.165) is 4.18 Å². The van der Waals surface area contributed by atoms with Crippen molar-refractivity contribution in [3.05, 3.63) is 129 Å². The molecule has 1 heteroatoms. The molecule has 0 amide bonds. The van der Waals surface area contributed by atoms with Crippen molar-refractivity contribution < 1.29 is 15.1 Å². The number of allylic oxidation sites excluding steroid dienone is 2. The number of fused-ring (bicyclic) bond motifs is 2. The van der Waals surface area contributed by atoms with Crippen molar-refractivity contribution in [3.8, 4) is 22.3 Å². The molecule has 222 valence electrons. The third-order valence-electron chi connectivity index (χ3n) is 11.7. The first kappa shape index (κ1) is 30.1. The molecule has 0 aliphatic heterocycles. The van der Waals surface area contributed by atoms with E-state index in [-0.39, 0.29) is 7.35 Å². The minimum atomic E-state index is -5.25. The maximum absolute atomic E-state index is 5.73. The van der Waals surface area contributed by atoms with E-state index in [9.17, 15) is 0 Å². The number of benzene rings is 4. The fourth-order valence-corrected chi connectivity index (χ4v) is 48.2. The van der Waals surface area contributed by atoms with Crippen LogP contribution >= 0.6 is 0 Å². The molecule has 4 aromatic carbocycles. The van der Waals surface area contributed by atoms with Crippen molar-refractivity contribution in [1.29, 1.82) is 0 Å². The molecule has 2 atom stereocenters. The van der Waals surface area contributed by atoms with Gasteiger partial charge in [0.25, 0.3) is 0 Å². The van der Waals surface area contributed by atoms with E-state index in [0.29, 0.717) is 5.92 Å². The van der Waals surface area contributed by atoms with Gasteiger partial charge >= 0.3 is 256 Å². The van der Waals surface area contributed by atoms with Crippen LogP contribution < -0.4 is 0 Å². The summed E-state index contributed by atoms with van der Waals surface area (Å²) in [6.07, 6.45) is 10.0. The van der Waals surface area contributed by atoms with Crippen LogP contribution in [0.5, 0.6) is 0 Å². The first-order valence-corrected chi connectivity index (χ1v) is 36.3. The average Bonchev–Trinajstić information content (AvgIpc) is 3.57. The van der Waals surface area contributed by atoms with E-state index >= 15 is 0 Å². The van der Waals surface area contributed by atoms with E-state index in [4.69, 9.17) is 4.26 Å². The van der Waals surface area contributed by atoms with Crippen LogP contribution in [0.2, 0.25) is 18.2 Å². The summed E-state index contributed by atoms with van der Waals surface area (Å²) in [5.74, 6) is 0.530. The summed E-state index contributed by atoms with van der Waals surface area (Å²) in [7, 11) is 0. The van der Waals surface area contributed by atoms with E-state index in [2.05, 4.69) is 153 Å². The van der Waals surface area contributed by atoms with Crippen molar-refractivity contribution >= 4 is 16.4 Å². The predicted molar refractivity (Wildman–Crippen MR) is 191 cm³/mol. The van der Waals surface area contributed by atoms with Crippen molar-refractivity contribution in [2.45, 2.75) is 67.1 Å². The minimum absolute atomic E-state index is 0.289. The van der Waals surface area contributed by atoms with Crippen molar-refractivity contribution in [1.82, 2.24) is 0 Å². The van der Waals surface area contributed by atoms with E-state index in [1.54, 1.807) is 0 Å². The normalized spacial score (nSPS) is 19.9. The molecule has 6 rings (SSSR count). The molecule has 0 aromatic heterocycles. The van der Waals surface area contributed by atoms with Crippen LogP contribution in [0.3, 0.4) is 0 Å². The first-order valence-electron chi connectivity index (χ1n) is 16.3. The first-order chi connectivity index (χ1) is 20.0. The Labute approximate surface area is 254 Å². The van der Waals surface area contributed by atoms with E-state index < -0.39 is 15.1 Å². The van der Waals surface area contributed by atoms with Crippen LogP contribution in [0.15, 0.2) is 84.9 Å². The number of hydrogen-bond donors (Lipinski definition) is 0. The molecule has 0 bridgehead atoms. The molecule has 0 nitrogen and oxygen atoms in total. The second kappa shape index (κ2) is 8.85. The number of hydrogen-bond acceptors (Lipinski definition) is 0. The van der Waals surface area contributed by atoms with E-state index in [1.807, 2.05) is 0 Å². The molecule has 43 heavy (non-hydrogen) atoms. The fraction of sp³-hybridized carbons (Fsp3) is 0.310. The van der Waals surface area contributed by atoms with Crippen molar-refractivity contribution in [2.75, 3.05) is 0 Å². The third kappa shape index (κ3) is 4.52. The van der Waals surface area contributed by atoms with Gasteiger partial charge in [0.1, 0.15) is 0 Å². The van der Waals surface area contributed by atoms with Gasteiger partial charge in [-0.2, -0.15) is 0 Å². The zero-order chi connectivity index (χ0) is 31.1. The zero-order valence-corrected chi connectivity index (χ0v) is 31.5. The summed E-state index contributed by atoms with van der Waals surface area (Å²) >= 11 is -5.25. The van der Waals surface area contributed by atoms with Crippen LogP contribution in [0.4, 0.5) is 0 Å². The van der Waals surface area contributed by atoms with Gasteiger partial charge in [-0.15, -0.1) is 0 Å². The molecule has 0 saturated heterocycles. The number of rotatable bonds is 6. The number of aryl methyl sites for hydroxylation is 4. The Hall–Kier alpha value is -2.90. The topological polar surface area (TPSA) is 0 Å². The van der Waals surface area contributed by atoms with Gasteiger partial charge in [-0.1, -0.05) is 0 Å². The van der Waals surface area contributed by atoms with Crippen LogP contribution in [0, 0.1) is 33.6 Å². The van der Waals surface area contributed by atoms with Gasteiger partial charge in [-0.3, -0.25) is 0 Å². The van der Waals surface area contributed by atoms with Crippen molar-refractivity contribution in [3.63, 3.8) is 0 Å². The van der Waals surface area contributed by atoms with Crippen LogP contribution in [-0.4, -0.2) is 4.26 Å². The summed E-state index contributed by atoms with van der Waals surface area (Å²) in [5, 5.41) is 0. The predicted octanol–water partition coefficient (Wildman–Crippen LogP) is 12.5. The molecule has 2 unspecified atom stereocenters. The molecule has 0 saturated carbocycles. The molecule has 4 aromatic rings. The Morgan fingerprint density at radius 2 is 1.02 bits per heavy atom. The second-order valence-electron chi connectivity index (χ2n) is 18.1. The van der Waals surface area contributed by atoms with Crippen LogP contribution in [0.1, 0.15) is 65.7 Å². The van der Waals surface area contributed by atoms with Crippen LogP contribution in [-0.2, 0) is 15.1 Å². The van der Waals surface area contributed by atoms with Gasteiger partial charge in [-0.05, 0) is 0 Å². The summed E-state index contributed by atoms with van der Waals surface area (Å²) in [4.78, 5) is 0. The average molecular weight is 733 g/mol. The third-order valence-corrected chi connectivity index (χ3v) is 47.7. The molecule has 2 aliphatic carbocycles. The molecular weight excluding hydrogens is 683 g/mol. The Bertz CT molecular complexity index is 1870. The summed E-state index contributed by atoms with van der Waals surface area (Å²) in [6, 6.07) is 27.7. The molecule has 0 N–H and O–H groups in total. The van der Waals surface area contributed by atoms with Gasteiger partial charge < -0.3 is 0 Å². The molecule has 0 spiro atoms. The molecule has 2 aliphatic rings. The molecular formula is C42H50Hf. The molecule has 0 heterocycles. The van der Waals surface area contributed by atoms with Crippen LogP contribution in [0.25, 0.3) is 34.4 Å². The molecule has 0 radical (unpaired) electrons. The Balaban J connectivity index is 1.60. The van der Waals surface area contributed by atoms with Gasteiger partial charge in [-0.25, -0.2) is 0 Å². The van der Waals surface area contributed by atoms with Gasteiger partial charge in [0.05, 0.1) is 0 Å². The SMILES string of the molecule is [CH2]=[Hf]([CH3])([CH3])([CH3])([CH2]C(C)C)([CH]1C=Cc2c(-c3cc(C)ccc3C)cccc21)[CH]1C=Cc2c(-c3cc(C)ccc3C)cccc21. The zero-order valence-electron chi connectivity index (χ0n) is 27.9. The van der Waals surface area contributed by atoms with Gasteiger partial charge in [0.15, 0.2) is 0 Å². The van der Waals surface area contributed by atoms with Gasteiger partial charge in [0.2, 0.25) is 0 Å². The summed E-state index contributed by atoms with van der Waals surface area (Å²) in [6.45, 7) is 13.7. The molecule has 0 fully saturated rings.